The first kappa shape index (κ1) is 18.0. The third-order valence-electron chi connectivity index (χ3n) is 2.51. The fraction of sp³-hybridized carbons (Fsp3) is 0.538. The van der Waals surface area contributed by atoms with E-state index in [-0.39, 0.29) is 13.2 Å². The maximum absolute atomic E-state index is 11.9. The lowest BCUT2D eigenvalue weighted by molar-refractivity contribution is -0.141. The van der Waals surface area contributed by atoms with Crippen LogP contribution in [0.5, 0.6) is 0 Å². The molecule has 0 aromatic carbocycles. The fourth-order valence-corrected chi connectivity index (χ4v) is 1.94. The Balaban J connectivity index is 2.87. The molecule has 0 saturated carbocycles. The zero-order valence-electron chi connectivity index (χ0n) is 13.1. The highest BCUT2D eigenvalue weighted by Crippen LogP contribution is 2.17. The zero-order valence-corrected chi connectivity index (χ0v) is 13.9. The van der Waals surface area contributed by atoms with Crippen LogP contribution in [0.25, 0.3) is 0 Å². The summed E-state index contributed by atoms with van der Waals surface area (Å²) in [7, 11) is 1.69. The van der Waals surface area contributed by atoms with E-state index in [1.165, 1.54) is 22.6 Å². The van der Waals surface area contributed by atoms with Crippen molar-refractivity contribution in [2.45, 2.75) is 13.8 Å². The molecule has 0 amide bonds. The Hall–Kier alpha value is -2.03. The van der Waals surface area contributed by atoms with Gasteiger partial charge in [-0.1, -0.05) is 11.8 Å². The SMILES string of the molecule is CCOC(=O)CN=C(Nc1c(C(=O)OCC)cnn1C)SC. The number of amidine groups is 1. The summed E-state index contributed by atoms with van der Waals surface area (Å²) in [6.07, 6.45) is 3.22. The van der Waals surface area contributed by atoms with Gasteiger partial charge >= 0.3 is 11.9 Å². The standard InChI is InChI=1S/C13H20N4O4S/c1-5-20-10(18)8-14-13(22-4)16-11-9(7-15-17(11)3)12(19)21-6-2/h7H,5-6,8H2,1-4H3,(H,14,16). The number of aromatic nitrogens is 2. The maximum atomic E-state index is 11.9. The van der Waals surface area contributed by atoms with E-state index in [1.807, 2.05) is 0 Å². The van der Waals surface area contributed by atoms with Gasteiger partial charge in [0.2, 0.25) is 0 Å². The van der Waals surface area contributed by atoms with Crippen LogP contribution in [0.3, 0.4) is 0 Å². The lowest BCUT2D eigenvalue weighted by atomic mass is 10.3. The summed E-state index contributed by atoms with van der Waals surface area (Å²) in [6.45, 7) is 3.96. The normalized spacial score (nSPS) is 11.2. The van der Waals surface area contributed by atoms with Gasteiger partial charge < -0.3 is 14.8 Å². The van der Waals surface area contributed by atoms with E-state index in [0.29, 0.717) is 23.2 Å². The van der Waals surface area contributed by atoms with Crippen LogP contribution in [0.4, 0.5) is 5.82 Å². The molecule has 1 aromatic rings. The molecule has 0 fully saturated rings. The summed E-state index contributed by atoms with van der Waals surface area (Å²) in [6, 6.07) is 0. The maximum Gasteiger partial charge on any atom is 0.343 e. The average molecular weight is 328 g/mol. The molecule has 0 aliphatic rings. The number of hydrogen-bond acceptors (Lipinski definition) is 7. The van der Waals surface area contributed by atoms with Crippen molar-refractivity contribution in [1.29, 1.82) is 0 Å². The van der Waals surface area contributed by atoms with E-state index in [0.717, 1.165) is 0 Å². The topological polar surface area (TPSA) is 94.8 Å². The molecule has 0 bridgehead atoms. The number of rotatable bonds is 6. The average Bonchev–Trinajstić information content (AvgIpc) is 2.85. The van der Waals surface area contributed by atoms with Gasteiger partial charge in [0.15, 0.2) is 5.17 Å². The van der Waals surface area contributed by atoms with Crippen LogP contribution in [-0.2, 0) is 21.3 Å². The van der Waals surface area contributed by atoms with Crippen molar-refractivity contribution in [3.05, 3.63) is 11.8 Å². The molecule has 0 saturated heterocycles. The molecule has 1 heterocycles. The molecule has 0 radical (unpaired) electrons. The Labute approximate surface area is 133 Å². The summed E-state index contributed by atoms with van der Waals surface area (Å²) >= 11 is 1.31. The Bertz CT molecular complexity index is 556. The second-order valence-corrected chi connectivity index (χ2v) is 4.80. The van der Waals surface area contributed by atoms with Crippen LogP contribution in [-0.4, -0.2) is 52.9 Å². The Kier molecular flexibility index (Phi) is 7.44. The van der Waals surface area contributed by atoms with Gasteiger partial charge in [-0.2, -0.15) is 5.10 Å². The molecule has 0 spiro atoms. The Morgan fingerprint density at radius 3 is 2.64 bits per heavy atom. The van der Waals surface area contributed by atoms with E-state index in [2.05, 4.69) is 15.4 Å². The molecule has 8 nitrogen and oxygen atoms in total. The van der Waals surface area contributed by atoms with Gasteiger partial charge in [0.25, 0.3) is 0 Å². The Morgan fingerprint density at radius 2 is 2.05 bits per heavy atom. The first-order valence-corrected chi connectivity index (χ1v) is 7.96. The molecule has 0 unspecified atom stereocenters. The number of esters is 2. The van der Waals surface area contributed by atoms with E-state index in [4.69, 9.17) is 9.47 Å². The van der Waals surface area contributed by atoms with Crippen LogP contribution in [0.15, 0.2) is 11.2 Å². The summed E-state index contributed by atoms with van der Waals surface area (Å²) in [4.78, 5) is 27.3. The first-order chi connectivity index (χ1) is 10.5. The van der Waals surface area contributed by atoms with Gasteiger partial charge in [0, 0.05) is 7.05 Å². The molecular formula is C13H20N4O4S. The van der Waals surface area contributed by atoms with Gasteiger partial charge in [-0.25, -0.2) is 4.79 Å². The quantitative estimate of drug-likeness (QED) is 0.477. The van der Waals surface area contributed by atoms with Gasteiger partial charge in [0.05, 0.1) is 19.4 Å². The molecule has 9 heteroatoms. The predicted molar refractivity (Wildman–Crippen MR) is 85.2 cm³/mol. The number of thioether (sulfide) groups is 1. The lowest BCUT2D eigenvalue weighted by Crippen LogP contribution is -2.17. The highest BCUT2D eigenvalue weighted by atomic mass is 32.2. The van der Waals surface area contributed by atoms with Crippen LogP contribution in [0.2, 0.25) is 0 Å². The van der Waals surface area contributed by atoms with Gasteiger partial charge in [-0.05, 0) is 20.1 Å². The highest BCUT2D eigenvalue weighted by molar-refractivity contribution is 8.13. The predicted octanol–water partition coefficient (Wildman–Crippen LogP) is 1.29. The van der Waals surface area contributed by atoms with E-state index in [9.17, 15) is 9.59 Å². The molecular weight excluding hydrogens is 308 g/mol. The largest absolute Gasteiger partial charge is 0.465 e. The highest BCUT2D eigenvalue weighted by Gasteiger charge is 2.18. The van der Waals surface area contributed by atoms with Crippen LogP contribution in [0.1, 0.15) is 24.2 Å². The minimum absolute atomic E-state index is 0.0936. The molecule has 0 atom stereocenters. The number of carbonyl (C=O) groups excluding carboxylic acids is 2. The van der Waals surface area contributed by atoms with E-state index in [1.54, 1.807) is 27.2 Å². The van der Waals surface area contributed by atoms with Crippen molar-refractivity contribution in [2.75, 3.05) is 31.3 Å². The molecule has 0 aliphatic heterocycles. The van der Waals surface area contributed by atoms with Crippen molar-refractivity contribution in [2.24, 2.45) is 12.0 Å². The van der Waals surface area contributed by atoms with Crippen LogP contribution >= 0.6 is 11.8 Å². The smallest absolute Gasteiger partial charge is 0.343 e. The molecule has 1 rings (SSSR count). The molecule has 22 heavy (non-hydrogen) atoms. The molecule has 0 aliphatic carbocycles. The minimum Gasteiger partial charge on any atom is -0.465 e. The van der Waals surface area contributed by atoms with Crippen molar-refractivity contribution >= 4 is 34.7 Å². The van der Waals surface area contributed by atoms with Crippen molar-refractivity contribution in [1.82, 2.24) is 9.78 Å². The summed E-state index contributed by atoms with van der Waals surface area (Å²) in [5.41, 5.74) is 0.308. The van der Waals surface area contributed by atoms with Crippen LogP contribution in [0, 0.1) is 0 Å². The molecule has 1 N–H and O–H groups in total. The number of ether oxygens (including phenoxy) is 2. The number of anilines is 1. The first-order valence-electron chi connectivity index (χ1n) is 6.73. The van der Waals surface area contributed by atoms with Crippen molar-refractivity contribution in [3.63, 3.8) is 0 Å². The summed E-state index contributed by atoms with van der Waals surface area (Å²) in [5.74, 6) is -0.425. The third-order valence-corrected chi connectivity index (χ3v) is 3.13. The monoisotopic (exact) mass is 328 g/mol. The molecule has 122 valence electrons. The number of nitrogens with zero attached hydrogens (tertiary/aromatic N) is 3. The number of aliphatic imine (C=N–C) groups is 1. The van der Waals surface area contributed by atoms with Crippen molar-refractivity contribution in [3.8, 4) is 0 Å². The third kappa shape index (κ3) is 5.06. The van der Waals surface area contributed by atoms with E-state index >= 15 is 0 Å². The zero-order chi connectivity index (χ0) is 16.5. The molecule has 1 aromatic heterocycles. The van der Waals surface area contributed by atoms with Gasteiger partial charge in [-0.15, -0.1) is 0 Å². The lowest BCUT2D eigenvalue weighted by Gasteiger charge is -2.10. The van der Waals surface area contributed by atoms with Crippen LogP contribution < -0.4 is 5.32 Å². The number of aryl methyl sites for hydroxylation is 1. The summed E-state index contributed by atoms with van der Waals surface area (Å²) in [5, 5.41) is 7.49. The second-order valence-electron chi connectivity index (χ2n) is 4.01. The number of carbonyl (C=O) groups is 2. The van der Waals surface area contributed by atoms with Crippen molar-refractivity contribution < 1.29 is 19.1 Å². The number of hydrogen-bond donors (Lipinski definition) is 1. The van der Waals surface area contributed by atoms with E-state index < -0.39 is 11.9 Å². The second kappa shape index (κ2) is 9.08. The van der Waals surface area contributed by atoms with Gasteiger partial charge in [-0.3, -0.25) is 14.5 Å². The fourth-order valence-electron chi connectivity index (χ4n) is 1.54. The minimum atomic E-state index is -0.469. The Morgan fingerprint density at radius 1 is 1.36 bits per heavy atom. The summed E-state index contributed by atoms with van der Waals surface area (Å²) < 4.78 is 11.3. The van der Waals surface area contributed by atoms with Gasteiger partial charge in [0.1, 0.15) is 17.9 Å². The number of nitrogens with one attached hydrogen (secondary N) is 1.